The lowest BCUT2D eigenvalue weighted by molar-refractivity contribution is -0.926. The maximum atomic E-state index is 12.7. The maximum Gasteiger partial charge on any atom is 0.218 e. The molecule has 0 bridgehead atoms. The van der Waals surface area contributed by atoms with E-state index in [1.54, 1.807) is 4.31 Å². The molecule has 0 radical (unpaired) electrons. The van der Waals surface area contributed by atoms with Gasteiger partial charge < -0.3 is 9.47 Å². The molecular weight excluding hydrogens is 382 g/mol. The summed E-state index contributed by atoms with van der Waals surface area (Å²) in [4.78, 5) is 1.32. The topological polar surface area (TPSA) is 64.6 Å². The number of nitrogens with zero attached hydrogens (tertiary/aromatic N) is 4. The maximum absolute atomic E-state index is 12.7. The van der Waals surface area contributed by atoms with Crippen molar-refractivity contribution >= 4 is 22.2 Å². The number of aryl methyl sites for hydroxylation is 1. The quantitative estimate of drug-likeness (QED) is 0.717. The molecule has 0 spiro atoms. The van der Waals surface area contributed by atoms with E-state index < -0.39 is 10.0 Å². The molecule has 0 unspecified atom stereocenters. The van der Waals surface area contributed by atoms with E-state index in [9.17, 15) is 8.42 Å². The fraction of sp³-hybridized carbons (Fsp3) is 0.556. The minimum absolute atomic E-state index is 0.0687. The van der Waals surface area contributed by atoms with Crippen LogP contribution >= 0.6 is 12.2 Å². The molecule has 7 nitrogen and oxygen atoms in total. The third-order valence-corrected chi connectivity index (χ3v) is 7.60. The normalized spacial score (nSPS) is 19.4. The van der Waals surface area contributed by atoms with Gasteiger partial charge in [0.15, 0.2) is 6.67 Å². The molecule has 1 aliphatic carbocycles. The second kappa shape index (κ2) is 7.46. The molecule has 1 aromatic heterocycles. The molecule has 27 heavy (non-hydrogen) atoms. The van der Waals surface area contributed by atoms with Crippen molar-refractivity contribution in [3.63, 3.8) is 0 Å². The highest BCUT2D eigenvalue weighted by atomic mass is 32.2. The highest BCUT2D eigenvalue weighted by Crippen LogP contribution is 2.35. The molecule has 2 heterocycles. The van der Waals surface area contributed by atoms with E-state index in [2.05, 4.69) is 9.67 Å². The standard InChI is InChI=1S/C18H25N5O2S2/c1-15-19-22(18(26)23(15)17-7-8-17)14-20-9-11-21(12-10-20)27(24,25)13-16-5-3-2-4-6-16/h2-6,17H,7-14H2,1H3/p+1. The fourth-order valence-electron chi connectivity index (χ4n) is 3.71. The van der Waals surface area contributed by atoms with Crippen LogP contribution in [0.5, 0.6) is 0 Å². The van der Waals surface area contributed by atoms with Crippen molar-refractivity contribution in [2.45, 2.75) is 38.2 Å². The van der Waals surface area contributed by atoms with E-state index in [4.69, 9.17) is 12.2 Å². The number of hydrogen-bond acceptors (Lipinski definition) is 4. The van der Waals surface area contributed by atoms with Crippen molar-refractivity contribution < 1.29 is 13.3 Å². The summed E-state index contributed by atoms with van der Waals surface area (Å²) in [6.07, 6.45) is 2.37. The van der Waals surface area contributed by atoms with Crippen LogP contribution in [0.3, 0.4) is 0 Å². The van der Waals surface area contributed by atoms with Gasteiger partial charge in [0.05, 0.1) is 31.9 Å². The van der Waals surface area contributed by atoms with Crippen molar-refractivity contribution in [1.82, 2.24) is 18.7 Å². The largest absolute Gasteiger partial charge is 0.314 e. The Kier molecular flexibility index (Phi) is 5.19. The van der Waals surface area contributed by atoms with Crippen molar-refractivity contribution in [2.75, 3.05) is 26.2 Å². The number of sulfonamides is 1. The van der Waals surface area contributed by atoms with Crippen LogP contribution in [0.1, 0.15) is 30.3 Å². The van der Waals surface area contributed by atoms with E-state index in [0.29, 0.717) is 25.8 Å². The summed E-state index contributed by atoms with van der Waals surface area (Å²) in [5.41, 5.74) is 0.833. The zero-order chi connectivity index (χ0) is 19.0. The Morgan fingerprint density at radius 2 is 1.85 bits per heavy atom. The molecule has 146 valence electrons. The first-order valence-electron chi connectivity index (χ1n) is 9.45. The predicted octanol–water partition coefficient (Wildman–Crippen LogP) is 0.745. The van der Waals surface area contributed by atoms with Gasteiger partial charge in [0.1, 0.15) is 5.82 Å². The first-order valence-corrected chi connectivity index (χ1v) is 11.5. The smallest absolute Gasteiger partial charge is 0.218 e. The molecule has 0 atom stereocenters. The Labute approximate surface area is 165 Å². The molecular formula is C18H26N5O2S2+. The van der Waals surface area contributed by atoms with Gasteiger partial charge in [0.25, 0.3) is 0 Å². The first-order chi connectivity index (χ1) is 12.9. The molecule has 1 aromatic carbocycles. The monoisotopic (exact) mass is 408 g/mol. The van der Waals surface area contributed by atoms with Crippen molar-refractivity contribution in [3.05, 3.63) is 46.5 Å². The SMILES string of the molecule is Cc1nn(C[NH+]2CCN(S(=O)(=O)Cc3ccccc3)CC2)c(=S)n1C1CC1. The Hall–Kier alpha value is -1.55. The Morgan fingerprint density at radius 1 is 1.19 bits per heavy atom. The Bertz CT molecular complexity index is 955. The average molecular weight is 409 g/mol. The number of rotatable bonds is 6. The van der Waals surface area contributed by atoms with E-state index in [-0.39, 0.29) is 5.75 Å². The van der Waals surface area contributed by atoms with Gasteiger partial charge in [0.2, 0.25) is 14.8 Å². The summed E-state index contributed by atoms with van der Waals surface area (Å²) >= 11 is 5.60. The predicted molar refractivity (Wildman–Crippen MR) is 105 cm³/mol. The minimum atomic E-state index is -3.27. The van der Waals surface area contributed by atoms with E-state index in [1.807, 2.05) is 41.9 Å². The molecule has 4 rings (SSSR count). The third-order valence-electron chi connectivity index (χ3n) is 5.34. The number of nitrogens with one attached hydrogen (secondary N) is 1. The van der Waals surface area contributed by atoms with Crippen molar-refractivity contribution in [2.24, 2.45) is 0 Å². The molecule has 2 fully saturated rings. The van der Waals surface area contributed by atoms with Gasteiger partial charge in [-0.25, -0.2) is 8.42 Å². The van der Waals surface area contributed by atoms with Crippen molar-refractivity contribution in [1.29, 1.82) is 0 Å². The minimum Gasteiger partial charge on any atom is -0.314 e. The second-order valence-corrected chi connectivity index (χ2v) is 9.81. The number of hydrogen-bond donors (Lipinski definition) is 1. The summed E-state index contributed by atoms with van der Waals surface area (Å²) < 4.78 is 31.9. The van der Waals surface area contributed by atoms with Gasteiger partial charge in [-0.05, 0) is 37.5 Å². The van der Waals surface area contributed by atoms with Gasteiger partial charge >= 0.3 is 0 Å². The third kappa shape index (κ3) is 4.16. The summed E-state index contributed by atoms with van der Waals surface area (Å²) in [6, 6.07) is 9.90. The molecule has 0 amide bonds. The second-order valence-electron chi connectivity index (χ2n) is 7.48. The van der Waals surface area contributed by atoms with Gasteiger partial charge in [-0.3, -0.25) is 0 Å². The number of quaternary nitrogens is 1. The van der Waals surface area contributed by atoms with Crippen LogP contribution in [-0.2, 0) is 22.4 Å². The number of piperazine rings is 1. The van der Waals surface area contributed by atoms with Gasteiger partial charge in [-0.1, -0.05) is 30.3 Å². The van der Waals surface area contributed by atoms with Crippen LogP contribution in [0.2, 0.25) is 0 Å². The van der Waals surface area contributed by atoms with Crippen LogP contribution in [0.4, 0.5) is 0 Å². The van der Waals surface area contributed by atoms with E-state index in [1.165, 1.54) is 17.7 Å². The summed E-state index contributed by atoms with van der Waals surface area (Å²) in [7, 11) is -3.27. The lowest BCUT2D eigenvalue weighted by Crippen LogP contribution is -3.14. The molecule has 2 aliphatic rings. The molecule has 9 heteroatoms. The zero-order valence-electron chi connectivity index (χ0n) is 15.5. The van der Waals surface area contributed by atoms with Gasteiger partial charge in [-0.15, -0.1) is 0 Å². The lowest BCUT2D eigenvalue weighted by atomic mass is 10.2. The fourth-order valence-corrected chi connectivity index (χ4v) is 5.63. The van der Waals surface area contributed by atoms with Crippen LogP contribution in [-0.4, -0.2) is 53.2 Å². The molecule has 2 aromatic rings. The molecule has 1 N–H and O–H groups in total. The van der Waals surface area contributed by atoms with Gasteiger partial charge in [0, 0.05) is 6.04 Å². The Balaban J connectivity index is 1.36. The van der Waals surface area contributed by atoms with Crippen LogP contribution in [0, 0.1) is 11.7 Å². The van der Waals surface area contributed by atoms with E-state index >= 15 is 0 Å². The van der Waals surface area contributed by atoms with E-state index in [0.717, 1.165) is 29.2 Å². The molecule has 1 saturated heterocycles. The van der Waals surface area contributed by atoms with Gasteiger partial charge in [-0.2, -0.15) is 14.1 Å². The summed E-state index contributed by atoms with van der Waals surface area (Å²) in [5.74, 6) is 1.05. The van der Waals surface area contributed by atoms with Crippen LogP contribution in [0.25, 0.3) is 0 Å². The Morgan fingerprint density at radius 3 is 2.48 bits per heavy atom. The lowest BCUT2D eigenvalue weighted by Gasteiger charge is -2.31. The van der Waals surface area contributed by atoms with Crippen LogP contribution < -0.4 is 4.90 Å². The highest BCUT2D eigenvalue weighted by molar-refractivity contribution is 7.88. The average Bonchev–Trinajstić information content (AvgIpc) is 3.43. The summed E-state index contributed by atoms with van der Waals surface area (Å²) in [6.45, 7) is 5.33. The number of aromatic nitrogens is 3. The molecule has 1 saturated carbocycles. The zero-order valence-corrected chi connectivity index (χ0v) is 17.2. The highest BCUT2D eigenvalue weighted by Gasteiger charge is 2.31. The van der Waals surface area contributed by atoms with Crippen molar-refractivity contribution in [3.8, 4) is 0 Å². The summed E-state index contributed by atoms with van der Waals surface area (Å²) in [5, 5.41) is 4.61. The molecule has 1 aliphatic heterocycles. The van der Waals surface area contributed by atoms with Crippen LogP contribution in [0.15, 0.2) is 30.3 Å². The number of benzene rings is 1. The first kappa shape index (κ1) is 18.8.